The summed E-state index contributed by atoms with van der Waals surface area (Å²) in [6.07, 6.45) is 8.81. The predicted molar refractivity (Wildman–Crippen MR) is 102 cm³/mol. The van der Waals surface area contributed by atoms with Gasteiger partial charge < -0.3 is 10.2 Å². The van der Waals surface area contributed by atoms with Crippen LogP contribution in [0, 0.1) is 5.41 Å². The molecular weight excluding hydrogens is 324 g/mol. The van der Waals surface area contributed by atoms with Gasteiger partial charge >= 0.3 is 0 Å². The topological polar surface area (TPSA) is 49.4 Å². The molecule has 0 unspecified atom stereocenters. The van der Waals surface area contributed by atoms with Gasteiger partial charge in [-0.2, -0.15) is 0 Å². The number of ketones is 1. The smallest absolute Gasteiger partial charge is 0.223 e. The lowest BCUT2D eigenvalue weighted by Gasteiger charge is -2.39. The van der Waals surface area contributed by atoms with E-state index in [2.05, 4.69) is 17.4 Å². The number of nitrogens with one attached hydrogen (secondary N) is 1. The average Bonchev–Trinajstić information content (AvgIpc) is 3.14. The van der Waals surface area contributed by atoms with Crippen LogP contribution in [0.25, 0.3) is 0 Å². The molecule has 0 bridgehead atoms. The number of benzene rings is 1. The quantitative estimate of drug-likeness (QED) is 0.845. The Kier molecular flexibility index (Phi) is 5.12. The summed E-state index contributed by atoms with van der Waals surface area (Å²) in [7, 11) is 0. The Hall–Kier alpha value is -1.68. The molecule has 1 aliphatic carbocycles. The van der Waals surface area contributed by atoms with E-state index in [0.29, 0.717) is 18.3 Å². The minimum Gasteiger partial charge on any atom is -0.343 e. The number of carbonyl (C=O) groups is 2. The molecule has 0 aromatic heterocycles. The third kappa shape index (κ3) is 3.71. The number of Topliss-reactive ketones (excluding diaryl/α,β-unsaturated/α-hetero) is 1. The van der Waals surface area contributed by atoms with E-state index in [1.165, 1.54) is 30.4 Å². The molecule has 2 aliphatic heterocycles. The number of aryl methyl sites for hydroxylation is 2. The number of hydrogen-bond donors (Lipinski definition) is 1. The summed E-state index contributed by atoms with van der Waals surface area (Å²) in [4.78, 5) is 27.0. The first kappa shape index (κ1) is 17.7. The Labute approximate surface area is 156 Å². The lowest BCUT2D eigenvalue weighted by atomic mass is 9.78. The van der Waals surface area contributed by atoms with Gasteiger partial charge in [-0.05, 0) is 74.1 Å². The molecule has 4 heteroatoms. The fourth-order valence-corrected chi connectivity index (χ4v) is 4.88. The molecule has 1 aromatic rings. The van der Waals surface area contributed by atoms with Crippen LogP contribution in [0.3, 0.4) is 0 Å². The number of amides is 1. The summed E-state index contributed by atoms with van der Waals surface area (Å²) in [6, 6.07) is 6.14. The monoisotopic (exact) mass is 354 g/mol. The standard InChI is InChI=1S/C22H30N2O2/c25-20(19-6-5-17-3-1-2-4-18(17)15-19)7-8-21(26)24-13-10-22(11-14-24)9-12-23-16-22/h5-6,15,23H,1-4,7-14,16H2. The van der Waals surface area contributed by atoms with E-state index in [9.17, 15) is 9.59 Å². The predicted octanol–water partition coefficient (Wildman–Crippen LogP) is 3.13. The summed E-state index contributed by atoms with van der Waals surface area (Å²) in [5, 5.41) is 3.46. The highest BCUT2D eigenvalue weighted by atomic mass is 16.2. The van der Waals surface area contributed by atoms with Crippen LogP contribution in [-0.4, -0.2) is 42.8 Å². The third-order valence-corrected chi connectivity index (χ3v) is 6.75. The van der Waals surface area contributed by atoms with Gasteiger partial charge in [0.15, 0.2) is 5.78 Å². The number of likely N-dealkylation sites (tertiary alicyclic amines) is 1. The molecule has 0 radical (unpaired) electrons. The molecule has 26 heavy (non-hydrogen) atoms. The first-order valence-corrected chi connectivity index (χ1v) is 10.3. The van der Waals surface area contributed by atoms with Gasteiger partial charge in [0.1, 0.15) is 0 Å². The van der Waals surface area contributed by atoms with Gasteiger partial charge in [0.05, 0.1) is 0 Å². The van der Waals surface area contributed by atoms with Gasteiger partial charge in [0.25, 0.3) is 0 Å². The van der Waals surface area contributed by atoms with E-state index in [-0.39, 0.29) is 11.7 Å². The number of rotatable bonds is 4. The van der Waals surface area contributed by atoms with Crippen molar-refractivity contribution in [1.82, 2.24) is 10.2 Å². The molecule has 3 aliphatic rings. The largest absolute Gasteiger partial charge is 0.343 e. The molecule has 1 amide bonds. The maximum Gasteiger partial charge on any atom is 0.223 e. The Morgan fingerprint density at radius 2 is 1.77 bits per heavy atom. The van der Waals surface area contributed by atoms with E-state index >= 15 is 0 Å². The van der Waals surface area contributed by atoms with Crippen molar-refractivity contribution < 1.29 is 9.59 Å². The first-order valence-electron chi connectivity index (χ1n) is 10.3. The molecule has 2 fully saturated rings. The Balaban J connectivity index is 1.28. The molecule has 1 N–H and O–H groups in total. The van der Waals surface area contributed by atoms with Crippen molar-refractivity contribution in [2.75, 3.05) is 26.2 Å². The Bertz CT molecular complexity index is 681. The van der Waals surface area contributed by atoms with Crippen molar-refractivity contribution in [2.45, 2.75) is 57.8 Å². The Morgan fingerprint density at radius 1 is 1.00 bits per heavy atom. The van der Waals surface area contributed by atoms with Gasteiger partial charge in [-0.1, -0.05) is 12.1 Å². The lowest BCUT2D eigenvalue weighted by molar-refractivity contribution is -0.133. The van der Waals surface area contributed by atoms with Crippen LogP contribution in [0.15, 0.2) is 18.2 Å². The van der Waals surface area contributed by atoms with Crippen LogP contribution >= 0.6 is 0 Å². The van der Waals surface area contributed by atoms with E-state index in [1.807, 2.05) is 11.0 Å². The minimum atomic E-state index is 0.111. The van der Waals surface area contributed by atoms with Crippen molar-refractivity contribution in [3.8, 4) is 0 Å². The van der Waals surface area contributed by atoms with Crippen LogP contribution in [-0.2, 0) is 17.6 Å². The normalized spacial score (nSPS) is 21.6. The number of hydrogen-bond acceptors (Lipinski definition) is 3. The zero-order chi connectivity index (χ0) is 18.0. The summed E-state index contributed by atoms with van der Waals surface area (Å²) in [5.74, 6) is 0.261. The molecule has 140 valence electrons. The van der Waals surface area contributed by atoms with Crippen molar-refractivity contribution in [3.63, 3.8) is 0 Å². The van der Waals surface area contributed by atoms with Gasteiger partial charge in [0.2, 0.25) is 5.91 Å². The average molecular weight is 354 g/mol. The van der Waals surface area contributed by atoms with Crippen molar-refractivity contribution in [1.29, 1.82) is 0 Å². The zero-order valence-corrected chi connectivity index (χ0v) is 15.7. The molecule has 2 saturated heterocycles. The van der Waals surface area contributed by atoms with E-state index in [0.717, 1.165) is 57.4 Å². The van der Waals surface area contributed by atoms with Gasteiger partial charge in [-0.15, -0.1) is 0 Å². The highest BCUT2D eigenvalue weighted by molar-refractivity contribution is 5.98. The lowest BCUT2D eigenvalue weighted by Crippen LogP contribution is -2.44. The summed E-state index contributed by atoms with van der Waals surface area (Å²) >= 11 is 0. The Morgan fingerprint density at radius 3 is 2.50 bits per heavy atom. The number of carbonyl (C=O) groups excluding carboxylic acids is 2. The van der Waals surface area contributed by atoms with Crippen LogP contribution < -0.4 is 5.32 Å². The highest BCUT2D eigenvalue weighted by Gasteiger charge is 2.37. The van der Waals surface area contributed by atoms with E-state index < -0.39 is 0 Å². The SMILES string of the molecule is O=C(CCC(=O)N1CCC2(CCNC2)CC1)c1ccc2c(c1)CCCC2. The number of nitrogens with zero attached hydrogens (tertiary/aromatic N) is 1. The summed E-state index contributed by atoms with van der Waals surface area (Å²) in [5.41, 5.74) is 3.94. The van der Waals surface area contributed by atoms with E-state index in [1.54, 1.807) is 0 Å². The molecule has 2 heterocycles. The number of piperidine rings is 1. The van der Waals surface area contributed by atoms with Crippen molar-refractivity contribution in [2.24, 2.45) is 5.41 Å². The van der Waals surface area contributed by atoms with Crippen molar-refractivity contribution in [3.05, 3.63) is 34.9 Å². The number of fused-ring (bicyclic) bond motifs is 1. The second-order valence-corrected chi connectivity index (χ2v) is 8.42. The minimum absolute atomic E-state index is 0.111. The highest BCUT2D eigenvalue weighted by Crippen LogP contribution is 2.37. The molecule has 4 nitrogen and oxygen atoms in total. The maximum atomic E-state index is 12.5. The molecule has 0 atom stereocenters. The molecule has 0 saturated carbocycles. The fraction of sp³-hybridized carbons (Fsp3) is 0.636. The van der Waals surface area contributed by atoms with Crippen LogP contribution in [0.1, 0.15) is 66.4 Å². The summed E-state index contributed by atoms with van der Waals surface area (Å²) in [6.45, 7) is 3.93. The van der Waals surface area contributed by atoms with Crippen molar-refractivity contribution >= 4 is 11.7 Å². The summed E-state index contributed by atoms with van der Waals surface area (Å²) < 4.78 is 0. The van der Waals surface area contributed by atoms with Crippen LogP contribution in [0.2, 0.25) is 0 Å². The molecule has 1 spiro atoms. The van der Waals surface area contributed by atoms with Crippen LogP contribution in [0.5, 0.6) is 0 Å². The van der Waals surface area contributed by atoms with E-state index in [4.69, 9.17) is 0 Å². The van der Waals surface area contributed by atoms with Gasteiger partial charge in [-0.25, -0.2) is 0 Å². The first-order chi connectivity index (χ1) is 12.7. The zero-order valence-electron chi connectivity index (χ0n) is 15.7. The fourth-order valence-electron chi connectivity index (χ4n) is 4.88. The molecular formula is C22H30N2O2. The second kappa shape index (κ2) is 7.51. The molecule has 1 aromatic carbocycles. The second-order valence-electron chi connectivity index (χ2n) is 8.42. The third-order valence-electron chi connectivity index (χ3n) is 6.75. The van der Waals surface area contributed by atoms with Crippen LogP contribution in [0.4, 0.5) is 0 Å². The van der Waals surface area contributed by atoms with Gasteiger partial charge in [-0.3, -0.25) is 9.59 Å². The molecule has 4 rings (SSSR count). The van der Waals surface area contributed by atoms with Gasteiger partial charge in [0, 0.05) is 38.0 Å². The maximum absolute atomic E-state index is 12.5.